The van der Waals surface area contributed by atoms with E-state index in [1.807, 2.05) is 0 Å². The van der Waals surface area contributed by atoms with Crippen LogP contribution in [-0.4, -0.2) is 29.1 Å². The fraction of sp³-hybridized carbons (Fsp3) is 0.0870. The first kappa shape index (κ1) is 20.2. The normalized spacial score (nSPS) is 10.8. The van der Waals surface area contributed by atoms with Crippen LogP contribution in [0.1, 0.15) is 0 Å². The van der Waals surface area contributed by atoms with Gasteiger partial charge in [-0.15, -0.1) is 0 Å². The van der Waals surface area contributed by atoms with Crippen molar-refractivity contribution < 1.29 is 18.3 Å². The molecule has 0 radical (unpaired) electrons. The summed E-state index contributed by atoms with van der Waals surface area (Å²) in [5.74, 6) is -0.289. The summed E-state index contributed by atoms with van der Waals surface area (Å²) in [4.78, 5) is 4.28. The van der Waals surface area contributed by atoms with Crippen molar-refractivity contribution in [2.24, 2.45) is 0 Å². The van der Waals surface area contributed by atoms with Crippen molar-refractivity contribution in [1.29, 1.82) is 10.8 Å². The van der Waals surface area contributed by atoms with Gasteiger partial charge in [0.2, 0.25) is 0 Å². The summed E-state index contributed by atoms with van der Waals surface area (Å²) in [6.07, 6.45) is 3.00. The van der Waals surface area contributed by atoms with Crippen LogP contribution >= 0.6 is 0 Å². The molecule has 4 rings (SSSR count). The molecule has 156 valence electrons. The smallest absolute Gasteiger partial charge is 0.167 e. The zero-order valence-corrected chi connectivity index (χ0v) is 16.5. The third-order valence-corrected chi connectivity index (χ3v) is 4.74. The number of rotatable bonds is 5. The van der Waals surface area contributed by atoms with Gasteiger partial charge in [-0.25, -0.2) is 8.78 Å². The fourth-order valence-corrected chi connectivity index (χ4v) is 3.17. The predicted molar refractivity (Wildman–Crippen MR) is 113 cm³/mol. The SMILES string of the molecule is COc1ccc2c(OCC(=N)n3cc(-c4cccc(F)c4)cc(F)c3=N)ccnc2c1. The lowest BCUT2D eigenvalue weighted by atomic mass is 10.1. The Morgan fingerprint density at radius 1 is 1.06 bits per heavy atom. The van der Waals surface area contributed by atoms with E-state index in [1.54, 1.807) is 43.6 Å². The molecule has 2 N–H and O–H groups in total. The first-order chi connectivity index (χ1) is 15.0. The van der Waals surface area contributed by atoms with E-state index in [0.29, 0.717) is 28.1 Å². The van der Waals surface area contributed by atoms with Gasteiger partial charge in [-0.3, -0.25) is 20.4 Å². The van der Waals surface area contributed by atoms with E-state index in [4.69, 9.17) is 20.3 Å². The van der Waals surface area contributed by atoms with E-state index in [1.165, 1.54) is 24.4 Å². The second kappa shape index (κ2) is 8.35. The largest absolute Gasteiger partial charge is 0.497 e. The van der Waals surface area contributed by atoms with Gasteiger partial charge in [-0.1, -0.05) is 12.1 Å². The van der Waals surface area contributed by atoms with Gasteiger partial charge in [0.15, 0.2) is 11.3 Å². The molecule has 4 aromatic rings. The van der Waals surface area contributed by atoms with Gasteiger partial charge in [-0.2, -0.15) is 0 Å². The van der Waals surface area contributed by atoms with E-state index in [2.05, 4.69) is 4.98 Å². The number of hydrogen-bond acceptors (Lipinski definition) is 5. The molecule has 0 saturated heterocycles. The van der Waals surface area contributed by atoms with E-state index < -0.39 is 17.1 Å². The van der Waals surface area contributed by atoms with Gasteiger partial charge in [0.25, 0.3) is 0 Å². The molecule has 0 unspecified atom stereocenters. The molecule has 0 saturated carbocycles. The van der Waals surface area contributed by atoms with Gasteiger partial charge < -0.3 is 9.47 Å². The van der Waals surface area contributed by atoms with E-state index in [0.717, 1.165) is 16.0 Å². The van der Waals surface area contributed by atoms with Crippen molar-refractivity contribution in [3.63, 3.8) is 0 Å². The van der Waals surface area contributed by atoms with Crippen LogP contribution in [0, 0.1) is 22.5 Å². The summed E-state index contributed by atoms with van der Waals surface area (Å²) in [7, 11) is 1.57. The van der Waals surface area contributed by atoms with Crippen LogP contribution in [0.4, 0.5) is 8.78 Å². The summed E-state index contributed by atoms with van der Waals surface area (Å²) in [5, 5.41) is 17.0. The first-order valence-corrected chi connectivity index (χ1v) is 9.32. The van der Waals surface area contributed by atoms with Crippen LogP contribution in [0.25, 0.3) is 22.0 Å². The number of hydrogen-bond donors (Lipinski definition) is 2. The van der Waals surface area contributed by atoms with Gasteiger partial charge in [0.1, 0.15) is 29.8 Å². The molecular formula is C23H18F2N4O2. The highest BCUT2D eigenvalue weighted by Gasteiger charge is 2.12. The lowest BCUT2D eigenvalue weighted by Gasteiger charge is -2.14. The Hall–Kier alpha value is -4.07. The average molecular weight is 420 g/mol. The Morgan fingerprint density at radius 2 is 1.90 bits per heavy atom. The standard InChI is InChI=1S/C23H18F2N4O2/c1-30-17-5-6-18-20(11-17)28-8-7-21(18)31-13-22(26)29-12-15(10-19(25)23(29)27)14-3-2-4-16(24)9-14/h2-12,26-27H,13H2,1H3. The lowest BCUT2D eigenvalue weighted by Crippen LogP contribution is -2.32. The molecule has 2 aromatic heterocycles. The quantitative estimate of drug-likeness (QED) is 0.371. The Balaban J connectivity index is 1.62. The highest BCUT2D eigenvalue weighted by Crippen LogP contribution is 2.27. The molecule has 0 bridgehead atoms. The van der Waals surface area contributed by atoms with Crippen molar-refractivity contribution in [2.45, 2.75) is 0 Å². The summed E-state index contributed by atoms with van der Waals surface area (Å²) in [6, 6.07) is 13.8. The molecule has 0 amide bonds. The number of nitrogens with zero attached hydrogens (tertiary/aromatic N) is 2. The van der Waals surface area contributed by atoms with E-state index in [-0.39, 0.29) is 12.4 Å². The predicted octanol–water partition coefficient (Wildman–Crippen LogP) is 4.37. The van der Waals surface area contributed by atoms with Gasteiger partial charge in [-0.05, 0) is 42.0 Å². The van der Waals surface area contributed by atoms with E-state index >= 15 is 0 Å². The maximum atomic E-state index is 14.4. The highest BCUT2D eigenvalue weighted by molar-refractivity contribution is 5.87. The second-order valence-electron chi connectivity index (χ2n) is 6.73. The summed E-state index contributed by atoms with van der Waals surface area (Å²) >= 11 is 0. The van der Waals surface area contributed by atoms with Crippen LogP contribution in [0.15, 0.2) is 67.0 Å². The Bertz CT molecular complexity index is 1350. The maximum absolute atomic E-state index is 14.4. The lowest BCUT2D eigenvalue weighted by molar-refractivity contribution is 0.375. The minimum atomic E-state index is -0.826. The van der Waals surface area contributed by atoms with Crippen molar-refractivity contribution in [3.05, 3.63) is 84.1 Å². The van der Waals surface area contributed by atoms with Gasteiger partial charge in [0, 0.05) is 29.4 Å². The van der Waals surface area contributed by atoms with Crippen molar-refractivity contribution in [3.8, 4) is 22.6 Å². The highest BCUT2D eigenvalue weighted by atomic mass is 19.1. The number of nitrogens with one attached hydrogen (secondary N) is 2. The van der Waals surface area contributed by atoms with E-state index in [9.17, 15) is 8.78 Å². The topological polar surface area (TPSA) is 84.0 Å². The zero-order chi connectivity index (χ0) is 22.0. The van der Waals surface area contributed by atoms with Gasteiger partial charge >= 0.3 is 0 Å². The third kappa shape index (κ3) is 4.13. The zero-order valence-electron chi connectivity index (χ0n) is 16.5. The molecule has 0 spiro atoms. The molecule has 8 heteroatoms. The number of aromatic nitrogens is 2. The molecule has 0 aliphatic heterocycles. The average Bonchev–Trinajstić information content (AvgIpc) is 2.78. The number of pyridine rings is 2. The molecule has 2 heterocycles. The summed E-state index contributed by atoms with van der Waals surface area (Å²) in [6.45, 7) is -0.215. The fourth-order valence-electron chi connectivity index (χ4n) is 3.17. The second-order valence-corrected chi connectivity index (χ2v) is 6.73. The van der Waals surface area contributed by atoms with Crippen LogP contribution in [0.3, 0.4) is 0 Å². The van der Waals surface area contributed by atoms with Crippen molar-refractivity contribution in [1.82, 2.24) is 9.55 Å². The number of benzene rings is 2. The maximum Gasteiger partial charge on any atom is 0.167 e. The minimum Gasteiger partial charge on any atom is -0.497 e. The Morgan fingerprint density at radius 3 is 2.68 bits per heavy atom. The molecular weight excluding hydrogens is 402 g/mol. The van der Waals surface area contributed by atoms with Crippen LogP contribution < -0.4 is 15.0 Å². The molecule has 0 fully saturated rings. The molecule has 0 atom stereocenters. The molecule has 0 aliphatic carbocycles. The Kier molecular flexibility index (Phi) is 5.44. The summed E-state index contributed by atoms with van der Waals surface area (Å²) in [5.41, 5.74) is 0.962. The monoisotopic (exact) mass is 420 g/mol. The van der Waals surface area contributed by atoms with Crippen LogP contribution in [-0.2, 0) is 0 Å². The molecule has 6 nitrogen and oxygen atoms in total. The number of ether oxygens (including phenoxy) is 2. The summed E-state index contributed by atoms with van der Waals surface area (Å²) < 4.78 is 40.0. The molecule has 0 aliphatic rings. The molecule has 31 heavy (non-hydrogen) atoms. The molecule has 2 aromatic carbocycles. The van der Waals surface area contributed by atoms with Crippen LogP contribution in [0.2, 0.25) is 0 Å². The number of halogens is 2. The third-order valence-electron chi connectivity index (χ3n) is 4.74. The van der Waals surface area contributed by atoms with Crippen molar-refractivity contribution in [2.75, 3.05) is 13.7 Å². The first-order valence-electron chi connectivity index (χ1n) is 9.32. The number of methoxy groups -OCH3 is 1. The minimum absolute atomic E-state index is 0.152. The van der Waals surface area contributed by atoms with Crippen LogP contribution in [0.5, 0.6) is 11.5 Å². The Labute approximate surface area is 176 Å². The number of fused-ring (bicyclic) bond motifs is 1. The van der Waals surface area contributed by atoms with Crippen molar-refractivity contribution >= 4 is 16.7 Å². The van der Waals surface area contributed by atoms with Gasteiger partial charge in [0.05, 0.1) is 12.6 Å².